The SMILES string of the molecule is C[Si](O[Si](C)(c1ccccc1)c1ccc(C(=O)O)c(C(=O)O)c1)(c1ccccc1)c1ccc(C(=O)O)c(C(=O)O)c1. The molecule has 0 aromatic heterocycles. The van der Waals surface area contributed by atoms with Gasteiger partial charge < -0.3 is 24.5 Å². The van der Waals surface area contributed by atoms with Gasteiger partial charge in [0.25, 0.3) is 0 Å². The zero-order chi connectivity index (χ0) is 29.9. The van der Waals surface area contributed by atoms with Gasteiger partial charge in [-0.3, -0.25) is 0 Å². The second kappa shape index (κ2) is 11.3. The van der Waals surface area contributed by atoms with Crippen molar-refractivity contribution in [2.45, 2.75) is 13.1 Å². The zero-order valence-corrected chi connectivity index (χ0v) is 24.1. The lowest BCUT2D eigenvalue weighted by molar-refractivity contribution is 0.0651. The highest BCUT2D eigenvalue weighted by Crippen LogP contribution is 2.20. The molecule has 0 saturated carbocycles. The number of hydrogen-bond donors (Lipinski definition) is 4. The molecule has 0 saturated heterocycles. The molecular formula is C30H26O9Si2. The summed E-state index contributed by atoms with van der Waals surface area (Å²) in [5, 5.41) is 41.4. The molecule has 208 valence electrons. The maximum absolute atomic E-state index is 12.1. The van der Waals surface area contributed by atoms with Crippen LogP contribution in [0.2, 0.25) is 13.1 Å². The third-order valence-electron chi connectivity index (χ3n) is 7.12. The van der Waals surface area contributed by atoms with Gasteiger partial charge in [-0.1, -0.05) is 72.8 Å². The van der Waals surface area contributed by atoms with E-state index in [4.69, 9.17) is 4.12 Å². The second-order valence-electron chi connectivity index (χ2n) is 9.64. The Morgan fingerprint density at radius 1 is 0.463 bits per heavy atom. The average molecular weight is 587 g/mol. The van der Waals surface area contributed by atoms with Crippen molar-refractivity contribution in [3.63, 3.8) is 0 Å². The quantitative estimate of drug-likeness (QED) is 0.205. The molecule has 11 heteroatoms. The van der Waals surface area contributed by atoms with E-state index in [1.807, 2.05) is 73.8 Å². The Balaban J connectivity index is 2.02. The number of benzene rings is 4. The summed E-state index contributed by atoms with van der Waals surface area (Å²) < 4.78 is 7.24. The van der Waals surface area contributed by atoms with Crippen LogP contribution < -0.4 is 20.7 Å². The van der Waals surface area contributed by atoms with Crippen LogP contribution in [0.1, 0.15) is 41.4 Å². The molecule has 0 amide bonds. The number of hydrogen-bond acceptors (Lipinski definition) is 5. The third-order valence-corrected chi connectivity index (χ3v) is 16.1. The summed E-state index contributed by atoms with van der Waals surface area (Å²) in [5.41, 5.74) is -1.47. The monoisotopic (exact) mass is 586 g/mol. The van der Waals surface area contributed by atoms with E-state index in [9.17, 15) is 39.6 Å². The molecule has 0 aliphatic rings. The predicted octanol–water partition coefficient (Wildman–Crippen LogP) is 2.58. The standard InChI is InChI=1S/C30H26O9Si2/c1-40(19-9-5-3-6-10-19,21-13-15-23(27(31)32)25(17-21)29(35)36)39-41(2,20-11-7-4-8-12-20)22-14-16-24(28(33)34)26(18-22)30(37)38/h3-18H,1-2H3,(H,31,32)(H,33,34)(H,35,36)(H,37,38). The molecule has 4 aromatic carbocycles. The summed E-state index contributed by atoms with van der Waals surface area (Å²) >= 11 is 0. The fourth-order valence-corrected chi connectivity index (χ4v) is 14.0. The first kappa shape index (κ1) is 29.1. The van der Waals surface area contributed by atoms with Crippen LogP contribution in [-0.2, 0) is 4.12 Å². The summed E-state index contributed by atoms with van der Waals surface area (Å²) in [6.07, 6.45) is 0. The molecule has 4 aromatic rings. The topological polar surface area (TPSA) is 158 Å². The second-order valence-corrected chi connectivity index (χ2v) is 16.9. The van der Waals surface area contributed by atoms with Crippen LogP contribution in [-0.4, -0.2) is 60.9 Å². The molecule has 0 bridgehead atoms. The lowest BCUT2D eigenvalue weighted by atomic mass is 10.1. The Bertz CT molecular complexity index is 1530. The fraction of sp³-hybridized carbons (Fsp3) is 0.0667. The normalized spacial score (nSPS) is 13.9. The molecule has 0 aliphatic carbocycles. The van der Waals surface area contributed by atoms with Crippen LogP contribution >= 0.6 is 0 Å². The maximum Gasteiger partial charge on any atom is 0.336 e. The predicted molar refractivity (Wildman–Crippen MR) is 156 cm³/mol. The summed E-state index contributed by atoms with van der Waals surface area (Å²) in [4.78, 5) is 47.7. The minimum Gasteiger partial charge on any atom is -0.478 e. The van der Waals surface area contributed by atoms with Gasteiger partial charge in [-0.25, -0.2) is 19.2 Å². The number of carbonyl (C=O) groups is 4. The summed E-state index contributed by atoms with van der Waals surface area (Å²) in [6.45, 7) is 3.75. The van der Waals surface area contributed by atoms with Crippen molar-refractivity contribution in [1.29, 1.82) is 0 Å². The van der Waals surface area contributed by atoms with Gasteiger partial charge in [-0.15, -0.1) is 0 Å². The molecule has 2 unspecified atom stereocenters. The summed E-state index contributed by atoms with van der Waals surface area (Å²) in [5.74, 6) is -5.54. The van der Waals surface area contributed by atoms with Crippen LogP contribution in [0.3, 0.4) is 0 Å². The summed E-state index contributed by atoms with van der Waals surface area (Å²) in [7, 11) is -6.75. The molecule has 41 heavy (non-hydrogen) atoms. The zero-order valence-electron chi connectivity index (χ0n) is 22.1. The molecular weight excluding hydrogens is 560 g/mol. The molecule has 4 N–H and O–H groups in total. The van der Waals surface area contributed by atoms with E-state index in [-0.39, 0.29) is 22.3 Å². The molecule has 0 radical (unpaired) electrons. The van der Waals surface area contributed by atoms with Crippen LogP contribution in [0.25, 0.3) is 0 Å². The molecule has 0 aliphatic heterocycles. The van der Waals surface area contributed by atoms with Crippen molar-refractivity contribution < 1.29 is 43.7 Å². The highest BCUT2D eigenvalue weighted by atomic mass is 28.4. The van der Waals surface area contributed by atoms with Gasteiger partial charge in [-0.05, 0) is 58.1 Å². The van der Waals surface area contributed by atoms with E-state index in [0.717, 1.165) is 10.4 Å². The number of carboxylic acid groups (broad SMARTS) is 4. The van der Waals surface area contributed by atoms with Crippen LogP contribution in [0, 0.1) is 0 Å². The Hall–Kier alpha value is -4.85. The Morgan fingerprint density at radius 2 is 0.780 bits per heavy atom. The van der Waals surface area contributed by atoms with Crippen LogP contribution in [0.5, 0.6) is 0 Å². The largest absolute Gasteiger partial charge is 0.478 e. The molecule has 0 heterocycles. The Kier molecular flexibility index (Phi) is 8.06. The van der Waals surface area contributed by atoms with Crippen molar-refractivity contribution in [1.82, 2.24) is 0 Å². The number of rotatable bonds is 10. The maximum atomic E-state index is 12.1. The van der Waals surface area contributed by atoms with E-state index in [1.54, 1.807) is 12.1 Å². The van der Waals surface area contributed by atoms with E-state index < -0.39 is 40.5 Å². The highest BCUT2D eigenvalue weighted by molar-refractivity contribution is 7.08. The van der Waals surface area contributed by atoms with Gasteiger partial charge in [0.05, 0.1) is 22.3 Å². The van der Waals surface area contributed by atoms with Gasteiger partial charge in [0, 0.05) is 0 Å². The third kappa shape index (κ3) is 5.59. The van der Waals surface area contributed by atoms with Crippen molar-refractivity contribution in [2.24, 2.45) is 0 Å². The Labute approximate surface area is 237 Å². The van der Waals surface area contributed by atoms with E-state index >= 15 is 0 Å². The average Bonchev–Trinajstić information content (AvgIpc) is 2.97. The molecule has 0 spiro atoms. The minimum absolute atomic E-state index is 0.357. The molecule has 4 rings (SSSR count). The van der Waals surface area contributed by atoms with Crippen molar-refractivity contribution in [2.75, 3.05) is 0 Å². The Morgan fingerprint density at radius 3 is 1.07 bits per heavy atom. The van der Waals surface area contributed by atoms with Crippen LogP contribution in [0.4, 0.5) is 0 Å². The smallest absolute Gasteiger partial charge is 0.336 e. The lowest BCUT2D eigenvalue weighted by Crippen LogP contribution is -2.70. The number of aromatic carboxylic acids is 4. The first-order valence-electron chi connectivity index (χ1n) is 12.4. The van der Waals surface area contributed by atoms with Gasteiger partial charge in [0.15, 0.2) is 0 Å². The first-order chi connectivity index (χ1) is 19.4. The molecule has 0 fully saturated rings. The van der Waals surface area contributed by atoms with Gasteiger partial charge >= 0.3 is 23.9 Å². The lowest BCUT2D eigenvalue weighted by Gasteiger charge is -2.40. The summed E-state index contributed by atoms with van der Waals surface area (Å²) in [6, 6.07) is 26.6. The van der Waals surface area contributed by atoms with Crippen LogP contribution in [0.15, 0.2) is 97.1 Å². The van der Waals surface area contributed by atoms with E-state index in [1.165, 1.54) is 24.3 Å². The van der Waals surface area contributed by atoms with Crippen molar-refractivity contribution in [3.8, 4) is 0 Å². The van der Waals surface area contributed by atoms with Gasteiger partial charge in [-0.2, -0.15) is 0 Å². The van der Waals surface area contributed by atoms with Crippen molar-refractivity contribution >= 4 is 61.3 Å². The number of carboxylic acids is 4. The molecule has 2 atom stereocenters. The fourth-order valence-electron chi connectivity index (χ4n) is 4.90. The molecule has 9 nitrogen and oxygen atoms in total. The highest BCUT2D eigenvalue weighted by Gasteiger charge is 2.46. The van der Waals surface area contributed by atoms with Gasteiger partial charge in [0.1, 0.15) is 0 Å². The van der Waals surface area contributed by atoms with Crippen molar-refractivity contribution in [3.05, 3.63) is 119 Å². The minimum atomic E-state index is -3.38. The first-order valence-corrected chi connectivity index (χ1v) is 17.2. The van der Waals surface area contributed by atoms with Gasteiger partial charge in [0.2, 0.25) is 16.6 Å². The van der Waals surface area contributed by atoms with E-state index in [0.29, 0.717) is 10.4 Å². The van der Waals surface area contributed by atoms with E-state index in [2.05, 4.69) is 0 Å².